The van der Waals surface area contributed by atoms with Gasteiger partial charge in [0, 0.05) is 6.54 Å². The van der Waals surface area contributed by atoms with Crippen molar-refractivity contribution in [2.45, 2.75) is 12.8 Å². The Labute approximate surface area is 149 Å². The number of carbonyl (C=O) groups excluding carboxylic acids is 1. The van der Waals surface area contributed by atoms with Gasteiger partial charge in [-0.1, -0.05) is 48.6 Å². The van der Waals surface area contributed by atoms with Crippen LogP contribution in [0.15, 0.2) is 54.6 Å². The zero-order valence-electron chi connectivity index (χ0n) is 14.0. The van der Waals surface area contributed by atoms with Gasteiger partial charge in [-0.25, -0.2) is 4.79 Å². The summed E-state index contributed by atoms with van der Waals surface area (Å²) < 4.78 is 49.1. The smallest absolute Gasteiger partial charge is 0.417 e. The minimum atomic E-state index is -4.50. The molecule has 0 heterocycles. The standard InChI is InChI=1S/C19H18F3NO3/c1-25-16-10-9-15(17(12-16)19(20,21)22)8-5-11-23-18(24)26-13-14-6-3-2-4-7-14/h2-10,12H,11,13H2,1H3,(H,23,24). The lowest BCUT2D eigenvalue weighted by Gasteiger charge is -2.12. The van der Waals surface area contributed by atoms with Gasteiger partial charge in [0.2, 0.25) is 0 Å². The normalized spacial score (nSPS) is 11.4. The number of rotatable bonds is 6. The monoisotopic (exact) mass is 365 g/mol. The average molecular weight is 365 g/mol. The molecule has 26 heavy (non-hydrogen) atoms. The molecule has 0 atom stereocenters. The lowest BCUT2D eigenvalue weighted by molar-refractivity contribution is -0.137. The first-order valence-corrected chi connectivity index (χ1v) is 7.76. The van der Waals surface area contributed by atoms with Gasteiger partial charge in [0.05, 0.1) is 12.7 Å². The van der Waals surface area contributed by atoms with Crippen molar-refractivity contribution in [3.05, 3.63) is 71.3 Å². The molecule has 138 valence electrons. The molecule has 7 heteroatoms. The van der Waals surface area contributed by atoms with Crippen LogP contribution in [-0.2, 0) is 17.5 Å². The van der Waals surface area contributed by atoms with E-state index in [0.29, 0.717) is 0 Å². The Hall–Kier alpha value is -2.96. The SMILES string of the molecule is COc1ccc(C=CCNC(=O)OCc2ccccc2)c(C(F)(F)F)c1. The average Bonchev–Trinajstić information content (AvgIpc) is 2.63. The summed E-state index contributed by atoms with van der Waals surface area (Å²) >= 11 is 0. The zero-order valence-corrected chi connectivity index (χ0v) is 14.0. The summed E-state index contributed by atoms with van der Waals surface area (Å²) in [6.07, 6.45) is -2.44. The molecule has 0 aromatic heterocycles. The predicted octanol–water partition coefficient (Wildman–Crippen LogP) is 4.65. The van der Waals surface area contributed by atoms with Gasteiger partial charge >= 0.3 is 12.3 Å². The van der Waals surface area contributed by atoms with Crippen LogP contribution in [0.4, 0.5) is 18.0 Å². The molecule has 4 nitrogen and oxygen atoms in total. The highest BCUT2D eigenvalue weighted by Crippen LogP contribution is 2.34. The minimum absolute atomic E-state index is 0.0160. The van der Waals surface area contributed by atoms with Gasteiger partial charge in [0.1, 0.15) is 12.4 Å². The molecule has 0 aliphatic carbocycles. The van der Waals surface area contributed by atoms with Gasteiger partial charge < -0.3 is 14.8 Å². The Balaban J connectivity index is 1.89. The second kappa shape index (κ2) is 8.94. The maximum absolute atomic E-state index is 13.1. The lowest BCUT2D eigenvalue weighted by Crippen LogP contribution is -2.24. The fourth-order valence-corrected chi connectivity index (χ4v) is 2.16. The van der Waals surface area contributed by atoms with Crippen LogP contribution in [0, 0.1) is 0 Å². The molecule has 0 unspecified atom stereocenters. The van der Waals surface area contributed by atoms with Gasteiger partial charge in [-0.05, 0) is 23.3 Å². The van der Waals surface area contributed by atoms with Gasteiger partial charge in [-0.3, -0.25) is 0 Å². The van der Waals surface area contributed by atoms with Crippen LogP contribution in [0.3, 0.4) is 0 Å². The third-order valence-corrected chi connectivity index (χ3v) is 3.44. The first kappa shape index (κ1) is 19.4. The Morgan fingerprint density at radius 2 is 1.88 bits per heavy atom. The predicted molar refractivity (Wildman–Crippen MR) is 91.7 cm³/mol. The van der Waals surface area contributed by atoms with Crippen molar-refractivity contribution < 1.29 is 27.4 Å². The topological polar surface area (TPSA) is 47.6 Å². The molecule has 0 fully saturated rings. The van der Waals surface area contributed by atoms with Crippen molar-refractivity contribution in [2.75, 3.05) is 13.7 Å². The molecule has 2 aromatic rings. The quantitative estimate of drug-likeness (QED) is 0.810. The highest BCUT2D eigenvalue weighted by atomic mass is 19.4. The number of amides is 1. The molecule has 2 rings (SSSR count). The maximum atomic E-state index is 13.1. The summed E-state index contributed by atoms with van der Waals surface area (Å²) in [6, 6.07) is 12.8. The lowest BCUT2D eigenvalue weighted by atomic mass is 10.1. The second-order valence-corrected chi connectivity index (χ2v) is 5.30. The third kappa shape index (κ3) is 5.84. The highest BCUT2D eigenvalue weighted by Gasteiger charge is 2.33. The van der Waals surface area contributed by atoms with Crippen molar-refractivity contribution in [3.8, 4) is 5.75 Å². The van der Waals surface area contributed by atoms with Gasteiger partial charge in [-0.2, -0.15) is 13.2 Å². The third-order valence-electron chi connectivity index (χ3n) is 3.44. The van der Waals surface area contributed by atoms with Gasteiger partial charge in [-0.15, -0.1) is 0 Å². The first-order chi connectivity index (χ1) is 12.4. The molecule has 0 aliphatic heterocycles. The molecule has 2 aromatic carbocycles. The molecule has 1 amide bonds. The molecule has 0 bridgehead atoms. The van der Waals surface area contributed by atoms with E-state index in [9.17, 15) is 18.0 Å². The van der Waals surface area contributed by atoms with E-state index in [0.717, 1.165) is 11.6 Å². The molecular weight excluding hydrogens is 347 g/mol. The first-order valence-electron chi connectivity index (χ1n) is 7.76. The van der Waals surface area contributed by atoms with Crippen LogP contribution >= 0.6 is 0 Å². The summed E-state index contributed by atoms with van der Waals surface area (Å²) in [4.78, 5) is 11.6. The van der Waals surface area contributed by atoms with Crippen LogP contribution in [0.25, 0.3) is 6.08 Å². The molecular formula is C19H18F3NO3. The number of hydrogen-bond acceptors (Lipinski definition) is 3. The molecule has 0 saturated carbocycles. The van der Waals surface area contributed by atoms with E-state index in [1.54, 1.807) is 0 Å². The van der Waals surface area contributed by atoms with Crippen molar-refractivity contribution in [3.63, 3.8) is 0 Å². The number of ether oxygens (including phenoxy) is 2. The molecule has 0 aliphatic rings. The van der Waals surface area contributed by atoms with E-state index in [1.165, 1.54) is 31.4 Å². The Kier molecular flexibility index (Phi) is 6.66. The van der Waals surface area contributed by atoms with Crippen LogP contribution in [0.1, 0.15) is 16.7 Å². The maximum Gasteiger partial charge on any atom is 0.417 e. The van der Waals surface area contributed by atoms with Gasteiger partial charge in [0.15, 0.2) is 0 Å². The number of hydrogen-bond donors (Lipinski definition) is 1. The second-order valence-electron chi connectivity index (χ2n) is 5.30. The van der Waals surface area contributed by atoms with Crippen molar-refractivity contribution in [1.29, 1.82) is 0 Å². The van der Waals surface area contributed by atoms with Gasteiger partial charge in [0.25, 0.3) is 0 Å². The van der Waals surface area contributed by atoms with E-state index in [2.05, 4.69) is 5.32 Å². The molecule has 0 spiro atoms. The molecule has 1 N–H and O–H groups in total. The van der Waals surface area contributed by atoms with E-state index in [-0.39, 0.29) is 24.5 Å². The summed E-state index contributed by atoms with van der Waals surface area (Å²) in [6.45, 7) is 0.157. The van der Waals surface area contributed by atoms with Crippen molar-refractivity contribution in [1.82, 2.24) is 5.32 Å². The summed E-state index contributed by atoms with van der Waals surface area (Å²) in [5, 5.41) is 2.45. The number of carbonyl (C=O) groups is 1. The highest BCUT2D eigenvalue weighted by molar-refractivity contribution is 5.67. The Morgan fingerprint density at radius 1 is 1.15 bits per heavy atom. The zero-order chi connectivity index (χ0) is 19.0. The minimum Gasteiger partial charge on any atom is -0.497 e. The van der Waals surface area contributed by atoms with Crippen LogP contribution in [0.2, 0.25) is 0 Å². The number of methoxy groups -OCH3 is 1. The van der Waals surface area contributed by atoms with Crippen LogP contribution in [0.5, 0.6) is 5.75 Å². The largest absolute Gasteiger partial charge is 0.497 e. The Morgan fingerprint density at radius 3 is 2.54 bits per heavy atom. The number of alkyl halides is 3. The van der Waals surface area contributed by atoms with E-state index in [4.69, 9.17) is 9.47 Å². The van der Waals surface area contributed by atoms with E-state index >= 15 is 0 Å². The van der Waals surface area contributed by atoms with Crippen LogP contribution in [-0.4, -0.2) is 19.7 Å². The fraction of sp³-hybridized carbons (Fsp3) is 0.211. The van der Waals surface area contributed by atoms with Crippen LogP contribution < -0.4 is 10.1 Å². The summed E-state index contributed by atoms with van der Waals surface area (Å²) in [5.41, 5.74) is 0.0174. The fourth-order valence-electron chi connectivity index (χ4n) is 2.16. The number of benzene rings is 2. The number of halogens is 3. The van der Waals surface area contributed by atoms with Crippen molar-refractivity contribution >= 4 is 12.2 Å². The Bertz CT molecular complexity index is 758. The number of alkyl carbamates (subject to hydrolysis) is 1. The number of nitrogens with one attached hydrogen (secondary N) is 1. The van der Waals surface area contributed by atoms with E-state index < -0.39 is 17.8 Å². The summed E-state index contributed by atoms with van der Waals surface area (Å²) in [5.74, 6) is 0.122. The van der Waals surface area contributed by atoms with Crippen molar-refractivity contribution in [2.24, 2.45) is 0 Å². The molecule has 0 saturated heterocycles. The summed E-state index contributed by atoms with van der Waals surface area (Å²) in [7, 11) is 1.30. The van der Waals surface area contributed by atoms with E-state index in [1.807, 2.05) is 30.3 Å². The molecule has 0 radical (unpaired) electrons.